The van der Waals surface area contributed by atoms with Crippen LogP contribution in [0.3, 0.4) is 0 Å². The maximum absolute atomic E-state index is 9.37. The molecule has 1 aromatic carbocycles. The Labute approximate surface area is 122 Å². The number of aromatic nitrogens is 2. The summed E-state index contributed by atoms with van der Waals surface area (Å²) in [5, 5.41) is 14.2. The van der Waals surface area contributed by atoms with Gasteiger partial charge in [-0.15, -0.1) is 0 Å². The molecular weight excluding hydrogens is 280 g/mol. The number of halogens is 1. The topological polar surface area (TPSA) is 56.5 Å². The number of hydrogen-bond acceptors (Lipinski definition) is 4. The van der Waals surface area contributed by atoms with Crippen molar-refractivity contribution in [2.45, 2.75) is 20.1 Å². The first-order valence-electron chi connectivity index (χ1n) is 6.15. The second-order valence-electron chi connectivity index (χ2n) is 4.40. The van der Waals surface area contributed by atoms with Crippen molar-refractivity contribution in [1.29, 1.82) is 0 Å². The fourth-order valence-corrected chi connectivity index (χ4v) is 2.16. The number of ether oxygens (including phenoxy) is 2. The highest BCUT2D eigenvalue weighted by Gasteiger charge is 2.13. The van der Waals surface area contributed by atoms with Crippen LogP contribution in [0.5, 0.6) is 11.5 Å². The summed E-state index contributed by atoms with van der Waals surface area (Å²) < 4.78 is 12.5. The van der Waals surface area contributed by atoms with E-state index in [0.29, 0.717) is 28.8 Å². The Kier molecular flexibility index (Phi) is 4.52. The van der Waals surface area contributed by atoms with Crippen molar-refractivity contribution in [3.63, 3.8) is 0 Å². The van der Waals surface area contributed by atoms with Gasteiger partial charge in [0.25, 0.3) is 0 Å². The minimum atomic E-state index is -0.119. The van der Waals surface area contributed by atoms with E-state index in [1.54, 1.807) is 37.0 Å². The Bertz CT molecular complexity index is 611. The molecule has 6 heteroatoms. The number of hydrogen-bond donors (Lipinski definition) is 1. The third-order valence-electron chi connectivity index (χ3n) is 3.08. The van der Waals surface area contributed by atoms with Gasteiger partial charge in [-0.2, -0.15) is 5.10 Å². The van der Waals surface area contributed by atoms with Crippen molar-refractivity contribution in [2.75, 3.05) is 7.11 Å². The summed E-state index contributed by atoms with van der Waals surface area (Å²) in [5.74, 6) is 1.28. The normalized spacial score (nSPS) is 10.7. The monoisotopic (exact) mass is 296 g/mol. The number of methoxy groups -OCH3 is 1. The molecular formula is C14H17ClN2O3. The Balaban J connectivity index is 2.18. The lowest BCUT2D eigenvalue weighted by molar-refractivity contribution is 0.257. The standard InChI is InChI=1S/C14H17ClN2O3/c1-9-12(14(15)17(2)16-9)8-20-13-5-4-11(19-3)6-10(13)7-18/h4-6,18H,7-8H2,1-3H3. The van der Waals surface area contributed by atoms with E-state index in [-0.39, 0.29) is 6.61 Å². The molecule has 0 aliphatic heterocycles. The molecule has 0 fully saturated rings. The number of aryl methyl sites for hydroxylation is 2. The van der Waals surface area contributed by atoms with Crippen LogP contribution in [0.2, 0.25) is 5.15 Å². The van der Waals surface area contributed by atoms with E-state index in [1.165, 1.54) is 0 Å². The van der Waals surface area contributed by atoms with Gasteiger partial charge >= 0.3 is 0 Å². The van der Waals surface area contributed by atoms with Gasteiger partial charge in [0.15, 0.2) is 0 Å². The third-order valence-corrected chi connectivity index (χ3v) is 3.55. The van der Waals surface area contributed by atoms with Gasteiger partial charge < -0.3 is 14.6 Å². The zero-order chi connectivity index (χ0) is 14.7. The third kappa shape index (κ3) is 2.89. The van der Waals surface area contributed by atoms with Crippen LogP contribution in [0.4, 0.5) is 0 Å². The van der Waals surface area contributed by atoms with Gasteiger partial charge in [-0.1, -0.05) is 11.6 Å². The molecule has 0 bridgehead atoms. The molecule has 0 atom stereocenters. The van der Waals surface area contributed by atoms with Crippen molar-refractivity contribution >= 4 is 11.6 Å². The Morgan fingerprint density at radius 3 is 2.70 bits per heavy atom. The van der Waals surface area contributed by atoms with Crippen LogP contribution in [0.15, 0.2) is 18.2 Å². The first kappa shape index (κ1) is 14.7. The highest BCUT2D eigenvalue weighted by atomic mass is 35.5. The van der Waals surface area contributed by atoms with Gasteiger partial charge in [0.2, 0.25) is 0 Å². The number of nitrogens with zero attached hydrogens (tertiary/aromatic N) is 2. The van der Waals surface area contributed by atoms with Crippen LogP contribution in [-0.2, 0) is 20.3 Å². The first-order chi connectivity index (χ1) is 9.56. The molecule has 108 valence electrons. The molecule has 1 heterocycles. The molecule has 0 saturated heterocycles. The number of benzene rings is 1. The van der Waals surface area contributed by atoms with Crippen LogP contribution < -0.4 is 9.47 Å². The maximum atomic E-state index is 9.37. The van der Waals surface area contributed by atoms with Crippen LogP contribution in [0, 0.1) is 6.92 Å². The lowest BCUT2D eigenvalue weighted by Gasteiger charge is -2.11. The van der Waals surface area contributed by atoms with Crippen LogP contribution in [0.25, 0.3) is 0 Å². The Morgan fingerprint density at radius 1 is 1.40 bits per heavy atom. The van der Waals surface area contributed by atoms with E-state index in [1.807, 2.05) is 6.92 Å². The van der Waals surface area contributed by atoms with E-state index < -0.39 is 0 Å². The van der Waals surface area contributed by atoms with E-state index in [2.05, 4.69) is 5.10 Å². The largest absolute Gasteiger partial charge is 0.497 e. The van der Waals surface area contributed by atoms with E-state index in [0.717, 1.165) is 11.3 Å². The molecule has 0 unspecified atom stereocenters. The van der Waals surface area contributed by atoms with Gasteiger partial charge in [-0.25, -0.2) is 0 Å². The SMILES string of the molecule is COc1ccc(OCc2c(C)nn(C)c2Cl)c(CO)c1. The van der Waals surface area contributed by atoms with Gasteiger partial charge in [-0.05, 0) is 25.1 Å². The summed E-state index contributed by atoms with van der Waals surface area (Å²) >= 11 is 6.15. The first-order valence-corrected chi connectivity index (χ1v) is 6.53. The smallest absolute Gasteiger partial charge is 0.133 e. The quantitative estimate of drug-likeness (QED) is 0.921. The number of aliphatic hydroxyl groups is 1. The Hall–Kier alpha value is -1.72. The summed E-state index contributed by atoms with van der Waals surface area (Å²) in [4.78, 5) is 0. The molecule has 0 radical (unpaired) electrons. The minimum Gasteiger partial charge on any atom is -0.497 e. The van der Waals surface area contributed by atoms with Crippen molar-refractivity contribution in [3.05, 3.63) is 40.2 Å². The van der Waals surface area contributed by atoms with E-state index in [9.17, 15) is 5.11 Å². The minimum absolute atomic E-state index is 0.119. The van der Waals surface area contributed by atoms with Crippen molar-refractivity contribution < 1.29 is 14.6 Å². The predicted octanol–water partition coefficient (Wildman–Crippen LogP) is 2.46. The van der Waals surface area contributed by atoms with Crippen molar-refractivity contribution in [3.8, 4) is 11.5 Å². The molecule has 1 aromatic heterocycles. The molecule has 0 aliphatic rings. The maximum Gasteiger partial charge on any atom is 0.133 e. The molecule has 20 heavy (non-hydrogen) atoms. The molecule has 2 aromatic rings. The molecule has 5 nitrogen and oxygen atoms in total. The van der Waals surface area contributed by atoms with Crippen molar-refractivity contribution in [1.82, 2.24) is 9.78 Å². The summed E-state index contributed by atoms with van der Waals surface area (Å²) in [5.41, 5.74) is 2.34. The van der Waals surface area contributed by atoms with Crippen LogP contribution in [0.1, 0.15) is 16.8 Å². The summed E-state index contributed by atoms with van der Waals surface area (Å²) in [7, 11) is 3.36. The van der Waals surface area contributed by atoms with E-state index in [4.69, 9.17) is 21.1 Å². The molecule has 1 N–H and O–H groups in total. The summed E-state index contributed by atoms with van der Waals surface area (Å²) in [6, 6.07) is 5.29. The fraction of sp³-hybridized carbons (Fsp3) is 0.357. The molecule has 0 aliphatic carbocycles. The van der Waals surface area contributed by atoms with Crippen molar-refractivity contribution in [2.24, 2.45) is 7.05 Å². The average molecular weight is 297 g/mol. The lowest BCUT2D eigenvalue weighted by Crippen LogP contribution is -2.00. The molecule has 2 rings (SSSR count). The highest BCUT2D eigenvalue weighted by Crippen LogP contribution is 2.26. The fourth-order valence-electron chi connectivity index (χ4n) is 1.93. The number of aliphatic hydroxyl groups excluding tert-OH is 1. The van der Waals surface area contributed by atoms with E-state index >= 15 is 0 Å². The van der Waals surface area contributed by atoms with Gasteiger partial charge in [-0.3, -0.25) is 4.68 Å². The zero-order valence-electron chi connectivity index (χ0n) is 11.7. The second-order valence-corrected chi connectivity index (χ2v) is 4.76. The van der Waals surface area contributed by atoms with Gasteiger partial charge in [0.1, 0.15) is 23.3 Å². The number of rotatable bonds is 5. The van der Waals surface area contributed by atoms with Crippen LogP contribution in [-0.4, -0.2) is 22.0 Å². The molecule has 0 saturated carbocycles. The molecule has 0 spiro atoms. The summed E-state index contributed by atoms with van der Waals surface area (Å²) in [6.45, 7) is 2.07. The second kappa shape index (κ2) is 6.15. The lowest BCUT2D eigenvalue weighted by atomic mass is 10.2. The van der Waals surface area contributed by atoms with Gasteiger partial charge in [0.05, 0.1) is 19.4 Å². The zero-order valence-corrected chi connectivity index (χ0v) is 12.4. The average Bonchev–Trinajstić information content (AvgIpc) is 2.70. The predicted molar refractivity (Wildman–Crippen MR) is 76.2 cm³/mol. The highest BCUT2D eigenvalue weighted by molar-refractivity contribution is 6.30. The van der Waals surface area contributed by atoms with Crippen LogP contribution >= 0.6 is 11.6 Å². The molecule has 0 amide bonds. The van der Waals surface area contributed by atoms with Gasteiger partial charge in [0, 0.05) is 18.2 Å². The summed E-state index contributed by atoms with van der Waals surface area (Å²) in [6.07, 6.45) is 0. The Morgan fingerprint density at radius 2 is 2.15 bits per heavy atom.